The van der Waals surface area contributed by atoms with Gasteiger partial charge in [-0.15, -0.1) is 0 Å². The first-order valence-corrected chi connectivity index (χ1v) is 6.25. The highest BCUT2D eigenvalue weighted by atomic mass is 16.6. The summed E-state index contributed by atoms with van der Waals surface area (Å²) in [6, 6.07) is 11.5. The molecule has 0 unspecified atom stereocenters. The molecule has 0 saturated carbocycles. The standard InChI is InChI=1S/C15H12N2O5/c1-22-15(19)11-3-2-4-12(9-11)16-14(18)10-5-7-13(8-6-10)17(20)21/h2-9H,1H3,(H,16,18). The van der Waals surface area contributed by atoms with Crippen molar-refractivity contribution in [2.75, 3.05) is 12.4 Å². The first kappa shape index (κ1) is 15.2. The van der Waals surface area contributed by atoms with E-state index in [4.69, 9.17) is 0 Å². The number of nitro benzene ring substituents is 1. The van der Waals surface area contributed by atoms with E-state index in [0.717, 1.165) is 0 Å². The average Bonchev–Trinajstić information content (AvgIpc) is 2.54. The van der Waals surface area contributed by atoms with Crippen LogP contribution in [0.2, 0.25) is 0 Å². The van der Waals surface area contributed by atoms with Crippen LogP contribution in [0.15, 0.2) is 48.5 Å². The summed E-state index contributed by atoms with van der Waals surface area (Å²) >= 11 is 0. The Labute approximate surface area is 125 Å². The molecule has 0 aromatic heterocycles. The van der Waals surface area contributed by atoms with Gasteiger partial charge in [0.15, 0.2) is 0 Å². The molecule has 112 valence electrons. The Morgan fingerprint density at radius 1 is 1.09 bits per heavy atom. The third kappa shape index (κ3) is 3.45. The Balaban J connectivity index is 2.14. The molecule has 0 saturated heterocycles. The van der Waals surface area contributed by atoms with Gasteiger partial charge in [-0.3, -0.25) is 14.9 Å². The van der Waals surface area contributed by atoms with E-state index < -0.39 is 16.8 Å². The van der Waals surface area contributed by atoms with Crippen LogP contribution in [-0.2, 0) is 4.74 Å². The van der Waals surface area contributed by atoms with E-state index in [-0.39, 0.29) is 11.3 Å². The van der Waals surface area contributed by atoms with Gasteiger partial charge in [-0.2, -0.15) is 0 Å². The second-order valence-corrected chi connectivity index (χ2v) is 4.33. The number of methoxy groups -OCH3 is 1. The summed E-state index contributed by atoms with van der Waals surface area (Å²) in [5.41, 5.74) is 0.911. The van der Waals surface area contributed by atoms with E-state index in [1.165, 1.54) is 37.4 Å². The maximum Gasteiger partial charge on any atom is 0.337 e. The van der Waals surface area contributed by atoms with Crippen LogP contribution >= 0.6 is 0 Å². The predicted octanol–water partition coefficient (Wildman–Crippen LogP) is 2.63. The van der Waals surface area contributed by atoms with Gasteiger partial charge in [-0.1, -0.05) is 6.07 Å². The first-order chi connectivity index (χ1) is 10.5. The number of carbonyl (C=O) groups is 2. The third-order valence-corrected chi connectivity index (χ3v) is 2.88. The van der Waals surface area contributed by atoms with E-state index in [1.54, 1.807) is 18.2 Å². The number of carbonyl (C=O) groups excluding carboxylic acids is 2. The van der Waals surface area contributed by atoms with E-state index in [9.17, 15) is 19.7 Å². The van der Waals surface area contributed by atoms with Crippen molar-refractivity contribution in [2.24, 2.45) is 0 Å². The minimum Gasteiger partial charge on any atom is -0.465 e. The molecule has 0 spiro atoms. The van der Waals surface area contributed by atoms with Gasteiger partial charge in [0.2, 0.25) is 0 Å². The van der Waals surface area contributed by atoms with Crippen LogP contribution in [-0.4, -0.2) is 23.9 Å². The molecule has 7 heteroatoms. The summed E-state index contributed by atoms with van der Waals surface area (Å²) in [7, 11) is 1.27. The maximum atomic E-state index is 12.0. The maximum absolute atomic E-state index is 12.0. The summed E-state index contributed by atoms with van der Waals surface area (Å²) in [6.45, 7) is 0. The lowest BCUT2D eigenvalue weighted by Gasteiger charge is -2.06. The molecule has 0 aliphatic heterocycles. The molecule has 0 fully saturated rings. The van der Waals surface area contributed by atoms with Gasteiger partial charge in [0.1, 0.15) is 0 Å². The highest BCUT2D eigenvalue weighted by Crippen LogP contribution is 2.15. The number of nitrogens with zero attached hydrogens (tertiary/aromatic N) is 1. The Hall–Kier alpha value is -3.22. The molecule has 2 rings (SSSR count). The van der Waals surface area contributed by atoms with Gasteiger partial charge < -0.3 is 10.1 Å². The monoisotopic (exact) mass is 300 g/mol. The van der Waals surface area contributed by atoms with E-state index in [2.05, 4.69) is 10.1 Å². The van der Waals surface area contributed by atoms with E-state index in [0.29, 0.717) is 11.3 Å². The Morgan fingerprint density at radius 3 is 2.36 bits per heavy atom. The van der Waals surface area contributed by atoms with Crippen LogP contribution in [0.1, 0.15) is 20.7 Å². The SMILES string of the molecule is COC(=O)c1cccc(NC(=O)c2ccc([N+](=O)[O-])cc2)c1. The molecular weight excluding hydrogens is 288 g/mol. The van der Waals surface area contributed by atoms with Crippen molar-refractivity contribution < 1.29 is 19.2 Å². The molecule has 22 heavy (non-hydrogen) atoms. The average molecular weight is 300 g/mol. The molecule has 0 atom stereocenters. The Morgan fingerprint density at radius 2 is 1.77 bits per heavy atom. The van der Waals surface area contributed by atoms with Gasteiger partial charge in [-0.25, -0.2) is 4.79 Å². The fourth-order valence-electron chi connectivity index (χ4n) is 1.78. The molecule has 0 aliphatic rings. The zero-order valence-corrected chi connectivity index (χ0v) is 11.6. The minimum atomic E-state index is -0.540. The van der Waals surface area contributed by atoms with Gasteiger partial charge in [0.05, 0.1) is 17.6 Å². The van der Waals surface area contributed by atoms with Gasteiger partial charge in [0, 0.05) is 23.4 Å². The van der Waals surface area contributed by atoms with Gasteiger partial charge >= 0.3 is 5.97 Å². The molecule has 2 aromatic carbocycles. The lowest BCUT2D eigenvalue weighted by molar-refractivity contribution is -0.384. The molecule has 0 aliphatic carbocycles. The summed E-state index contributed by atoms with van der Waals surface area (Å²) in [5, 5.41) is 13.2. The smallest absolute Gasteiger partial charge is 0.337 e. The lowest BCUT2D eigenvalue weighted by atomic mass is 10.1. The molecule has 0 radical (unpaired) electrons. The van der Waals surface area contributed by atoms with Crippen molar-refractivity contribution in [1.29, 1.82) is 0 Å². The van der Waals surface area contributed by atoms with Crippen LogP contribution in [0.3, 0.4) is 0 Å². The topological polar surface area (TPSA) is 98.5 Å². The number of hydrogen-bond acceptors (Lipinski definition) is 5. The van der Waals surface area contributed by atoms with E-state index >= 15 is 0 Å². The number of amides is 1. The number of anilines is 1. The summed E-state index contributed by atoms with van der Waals surface area (Å²) in [5.74, 6) is -0.941. The first-order valence-electron chi connectivity index (χ1n) is 6.25. The van der Waals surface area contributed by atoms with Crippen molar-refractivity contribution in [3.63, 3.8) is 0 Å². The molecule has 1 N–H and O–H groups in total. The van der Waals surface area contributed by atoms with Crippen molar-refractivity contribution in [2.45, 2.75) is 0 Å². The predicted molar refractivity (Wildman–Crippen MR) is 78.8 cm³/mol. The van der Waals surface area contributed by atoms with Crippen LogP contribution in [0.4, 0.5) is 11.4 Å². The Kier molecular flexibility index (Phi) is 4.47. The number of nitrogens with one attached hydrogen (secondary N) is 1. The van der Waals surface area contributed by atoms with Gasteiger partial charge in [-0.05, 0) is 30.3 Å². The molecule has 1 amide bonds. The molecule has 0 heterocycles. The molecule has 7 nitrogen and oxygen atoms in total. The molecule has 0 bridgehead atoms. The number of nitro groups is 1. The van der Waals surface area contributed by atoms with E-state index in [1.807, 2.05) is 0 Å². The molecular formula is C15H12N2O5. The van der Waals surface area contributed by atoms with Crippen molar-refractivity contribution in [3.05, 3.63) is 69.8 Å². The van der Waals surface area contributed by atoms with Crippen LogP contribution in [0.5, 0.6) is 0 Å². The van der Waals surface area contributed by atoms with Crippen LogP contribution < -0.4 is 5.32 Å². The number of benzene rings is 2. The Bertz CT molecular complexity index is 725. The third-order valence-electron chi connectivity index (χ3n) is 2.88. The highest BCUT2D eigenvalue weighted by molar-refractivity contribution is 6.05. The number of esters is 1. The zero-order valence-electron chi connectivity index (χ0n) is 11.6. The largest absolute Gasteiger partial charge is 0.465 e. The lowest BCUT2D eigenvalue weighted by Crippen LogP contribution is -2.12. The van der Waals surface area contributed by atoms with Crippen LogP contribution in [0, 0.1) is 10.1 Å². The summed E-state index contributed by atoms with van der Waals surface area (Å²) in [6.07, 6.45) is 0. The van der Waals surface area contributed by atoms with Crippen molar-refractivity contribution >= 4 is 23.3 Å². The number of non-ortho nitro benzene ring substituents is 1. The summed E-state index contributed by atoms with van der Waals surface area (Å²) in [4.78, 5) is 33.5. The van der Waals surface area contributed by atoms with Crippen molar-refractivity contribution in [1.82, 2.24) is 0 Å². The highest BCUT2D eigenvalue weighted by Gasteiger charge is 2.11. The number of rotatable bonds is 4. The quantitative estimate of drug-likeness (QED) is 0.531. The summed E-state index contributed by atoms with van der Waals surface area (Å²) < 4.78 is 4.60. The zero-order chi connectivity index (χ0) is 16.1. The minimum absolute atomic E-state index is 0.0933. The fraction of sp³-hybridized carbons (Fsp3) is 0.0667. The molecule has 2 aromatic rings. The normalized spacial score (nSPS) is 9.86. The second-order valence-electron chi connectivity index (χ2n) is 4.33. The fourth-order valence-corrected chi connectivity index (χ4v) is 1.78. The van der Waals surface area contributed by atoms with Crippen LogP contribution in [0.25, 0.3) is 0 Å². The van der Waals surface area contributed by atoms with Gasteiger partial charge in [0.25, 0.3) is 11.6 Å². The second kappa shape index (κ2) is 6.49. The van der Waals surface area contributed by atoms with Crippen molar-refractivity contribution in [3.8, 4) is 0 Å². The number of ether oxygens (including phenoxy) is 1. The number of hydrogen-bond donors (Lipinski definition) is 1.